The number of aromatic nitrogens is 8. The van der Waals surface area contributed by atoms with Crippen LogP contribution in [0.15, 0.2) is 73.4 Å². The summed E-state index contributed by atoms with van der Waals surface area (Å²) in [5.41, 5.74) is 11.4. The molecule has 10 rings (SSSR count). The molecule has 4 aliphatic rings. The van der Waals surface area contributed by atoms with Crippen LogP contribution in [0.3, 0.4) is 0 Å². The molecular weight excluding hydrogens is 792 g/mol. The molecule has 0 radical (unpaired) electrons. The predicted molar refractivity (Wildman–Crippen MR) is 231 cm³/mol. The molecule has 0 aliphatic carbocycles. The number of nitrogens with one attached hydrogen (secondary N) is 1. The highest BCUT2D eigenvalue weighted by molar-refractivity contribution is 6.09. The van der Waals surface area contributed by atoms with E-state index in [2.05, 4.69) is 63.3 Å². The molecule has 18 heteroatoms. The number of imide groups is 1. The molecule has 0 spiro atoms. The molecule has 0 saturated carbocycles. The molecule has 4 aliphatic heterocycles. The van der Waals surface area contributed by atoms with E-state index in [0.717, 1.165) is 80.7 Å². The Morgan fingerprint density at radius 3 is 2.47 bits per heavy atom. The first-order chi connectivity index (χ1) is 30.1. The van der Waals surface area contributed by atoms with Crippen LogP contribution in [-0.2, 0) is 11.8 Å². The molecule has 4 fully saturated rings. The van der Waals surface area contributed by atoms with Gasteiger partial charge < -0.3 is 20.3 Å². The van der Waals surface area contributed by atoms with E-state index >= 15 is 0 Å². The van der Waals surface area contributed by atoms with Gasteiger partial charge in [0.15, 0.2) is 17.4 Å². The number of carbonyl (C=O) groups is 2. The number of anilines is 3. The van der Waals surface area contributed by atoms with Crippen molar-refractivity contribution < 1.29 is 18.7 Å². The lowest BCUT2D eigenvalue weighted by molar-refractivity contribution is -0.120. The van der Waals surface area contributed by atoms with Gasteiger partial charge in [0.1, 0.15) is 11.9 Å². The molecule has 2 aromatic carbocycles. The number of amides is 3. The van der Waals surface area contributed by atoms with E-state index in [1.807, 2.05) is 37.0 Å². The molecule has 17 nitrogen and oxygen atoms in total. The van der Waals surface area contributed by atoms with Crippen molar-refractivity contribution in [3.8, 4) is 22.6 Å². The number of hydrogen-bond acceptors (Lipinski definition) is 12. The van der Waals surface area contributed by atoms with Gasteiger partial charge in [-0.2, -0.15) is 25.2 Å². The quantitative estimate of drug-likeness (QED) is 0.180. The van der Waals surface area contributed by atoms with Crippen molar-refractivity contribution in [3.05, 3.63) is 84.8 Å². The van der Waals surface area contributed by atoms with E-state index in [9.17, 15) is 14.0 Å². The summed E-state index contributed by atoms with van der Waals surface area (Å²) in [7, 11) is 1.90. The Labute approximate surface area is 358 Å². The number of likely N-dealkylation sites (tertiary alicyclic amines) is 2. The normalized spacial score (nSPS) is 19.3. The van der Waals surface area contributed by atoms with Crippen molar-refractivity contribution in [2.45, 2.75) is 57.2 Å². The third kappa shape index (κ3) is 7.83. The van der Waals surface area contributed by atoms with Gasteiger partial charge in [0.25, 0.3) is 0 Å². The Morgan fingerprint density at radius 2 is 1.69 bits per heavy atom. The van der Waals surface area contributed by atoms with Gasteiger partial charge in [-0.1, -0.05) is 0 Å². The van der Waals surface area contributed by atoms with Crippen LogP contribution in [0.4, 0.5) is 26.5 Å². The molecule has 0 bridgehead atoms. The molecule has 3 amide bonds. The Bertz CT molecular complexity index is 2590. The van der Waals surface area contributed by atoms with E-state index in [1.54, 1.807) is 29.6 Å². The van der Waals surface area contributed by atoms with Gasteiger partial charge in [0.2, 0.25) is 5.91 Å². The fourth-order valence-electron chi connectivity index (χ4n) is 9.54. The van der Waals surface area contributed by atoms with Gasteiger partial charge in [0, 0.05) is 98.9 Å². The zero-order valence-corrected chi connectivity index (χ0v) is 35.0. The number of nitrogen functional groups attached to an aromatic ring is 1. The minimum Gasteiger partial charge on any atom is -0.482 e. The van der Waals surface area contributed by atoms with E-state index in [1.165, 1.54) is 35.5 Å². The summed E-state index contributed by atoms with van der Waals surface area (Å²) in [5.74, 6) is 1.32. The van der Waals surface area contributed by atoms with Crippen LogP contribution in [0, 0.1) is 11.7 Å². The smallest absolute Gasteiger partial charge is 0.329 e. The average molecular weight is 843 g/mol. The standard InChI is InChI=1S/C44H51FN14O3/c1-28(37-20-32(45)3-6-38(37)59-48-12-13-49-59)62-40-19-30(22-47-42(40)46)31-23-50-58(25-31)33-9-14-54(15-10-33)24-29-7-16-55(17-8-29)35-26-56(27-35)34-4-5-36-39(21-34)53(2)52-43(36)57-18-11-41(60)51-44(57)61/h3-6,12-13,19-23,25,28-29,33,35H,7-11,14-18,24,26-27H2,1-2H3,(H2,46,47)(H,51,60,61)/t28-/m1/s1. The number of fused-ring (bicyclic) bond motifs is 1. The van der Waals surface area contributed by atoms with Crippen LogP contribution in [0.5, 0.6) is 5.75 Å². The first-order valence-corrected chi connectivity index (χ1v) is 21.6. The molecule has 8 heterocycles. The molecule has 322 valence electrons. The van der Waals surface area contributed by atoms with Crippen molar-refractivity contribution in [1.82, 2.24) is 54.7 Å². The zero-order chi connectivity index (χ0) is 42.5. The summed E-state index contributed by atoms with van der Waals surface area (Å²) >= 11 is 0. The largest absolute Gasteiger partial charge is 0.482 e. The summed E-state index contributed by atoms with van der Waals surface area (Å²) in [4.78, 5) is 39.3. The number of pyridine rings is 1. The minimum atomic E-state index is -0.563. The molecule has 0 unspecified atom stereocenters. The van der Waals surface area contributed by atoms with Crippen molar-refractivity contribution in [2.24, 2.45) is 13.0 Å². The van der Waals surface area contributed by atoms with Gasteiger partial charge in [-0.05, 0) is 94.1 Å². The first kappa shape index (κ1) is 39.7. The topological polar surface area (TPSA) is 174 Å². The second-order valence-corrected chi connectivity index (χ2v) is 17.1. The van der Waals surface area contributed by atoms with Crippen LogP contribution in [0.2, 0.25) is 0 Å². The summed E-state index contributed by atoms with van der Waals surface area (Å²) in [6.07, 6.45) is 13.1. The van der Waals surface area contributed by atoms with E-state index in [-0.39, 0.29) is 24.0 Å². The number of urea groups is 1. The average Bonchev–Trinajstić information content (AvgIpc) is 4.04. The SMILES string of the molecule is C[C@@H](Oc1cc(-c2cnn(C3CCN(CC4CCN(C5CN(c6ccc7c(N8CCC(=O)NC8=O)nn(C)c7c6)C5)CC4)CC3)c2)cnc1N)c1cc(F)ccc1-n1nccn1. The molecule has 62 heavy (non-hydrogen) atoms. The number of carbonyl (C=O) groups excluding carboxylic acids is 2. The maximum absolute atomic E-state index is 14.3. The number of hydrogen-bond donors (Lipinski definition) is 2. The van der Waals surface area contributed by atoms with Gasteiger partial charge in [0.05, 0.1) is 35.8 Å². The van der Waals surface area contributed by atoms with Crippen LogP contribution >= 0.6 is 0 Å². The number of nitrogens with zero attached hydrogens (tertiary/aromatic N) is 12. The Kier molecular flexibility index (Phi) is 10.5. The number of ether oxygens (including phenoxy) is 1. The third-order valence-corrected chi connectivity index (χ3v) is 13.1. The second-order valence-electron chi connectivity index (χ2n) is 17.1. The van der Waals surface area contributed by atoms with Crippen molar-refractivity contribution >= 4 is 40.2 Å². The van der Waals surface area contributed by atoms with E-state index in [0.29, 0.717) is 47.4 Å². The highest BCUT2D eigenvalue weighted by atomic mass is 19.1. The highest BCUT2D eigenvalue weighted by Crippen LogP contribution is 2.36. The van der Waals surface area contributed by atoms with Gasteiger partial charge in [-0.3, -0.25) is 29.3 Å². The van der Waals surface area contributed by atoms with Crippen LogP contribution in [0.25, 0.3) is 27.7 Å². The molecule has 4 aromatic heterocycles. The lowest BCUT2D eigenvalue weighted by Gasteiger charge is -2.49. The maximum atomic E-state index is 14.3. The maximum Gasteiger partial charge on any atom is 0.329 e. The Balaban J connectivity index is 0.685. The van der Waals surface area contributed by atoms with Crippen molar-refractivity contribution in [2.75, 3.05) is 67.9 Å². The fraction of sp³-hybridized carbons (Fsp3) is 0.432. The summed E-state index contributed by atoms with van der Waals surface area (Å²) < 4.78 is 24.5. The van der Waals surface area contributed by atoms with Crippen molar-refractivity contribution in [3.63, 3.8) is 0 Å². The highest BCUT2D eigenvalue weighted by Gasteiger charge is 2.36. The van der Waals surface area contributed by atoms with Crippen LogP contribution < -0.4 is 25.6 Å². The molecular formula is C44H51FN14O3. The number of halogens is 1. The van der Waals surface area contributed by atoms with Crippen LogP contribution in [-0.4, -0.2) is 120 Å². The number of piperidine rings is 2. The van der Waals surface area contributed by atoms with Gasteiger partial charge in [-0.15, -0.1) is 0 Å². The molecule has 4 saturated heterocycles. The number of aryl methyl sites for hydroxylation is 1. The first-order valence-electron chi connectivity index (χ1n) is 21.6. The predicted octanol–water partition coefficient (Wildman–Crippen LogP) is 4.96. The van der Waals surface area contributed by atoms with Crippen molar-refractivity contribution in [1.29, 1.82) is 0 Å². The molecule has 1 atom stereocenters. The molecule has 3 N–H and O–H groups in total. The van der Waals surface area contributed by atoms with E-state index < -0.39 is 12.1 Å². The number of benzene rings is 2. The summed E-state index contributed by atoms with van der Waals surface area (Å²) in [6.45, 7) is 9.72. The lowest BCUT2D eigenvalue weighted by Crippen LogP contribution is -2.61. The number of nitrogens with two attached hydrogens (primary N) is 1. The van der Waals surface area contributed by atoms with E-state index in [4.69, 9.17) is 15.6 Å². The lowest BCUT2D eigenvalue weighted by atomic mass is 9.92. The van der Waals surface area contributed by atoms with Crippen LogP contribution in [0.1, 0.15) is 56.7 Å². The summed E-state index contributed by atoms with van der Waals surface area (Å²) in [6, 6.07) is 13.1. The zero-order valence-electron chi connectivity index (χ0n) is 35.0. The third-order valence-electron chi connectivity index (χ3n) is 13.1. The monoisotopic (exact) mass is 842 g/mol. The minimum absolute atomic E-state index is 0.246. The summed E-state index contributed by atoms with van der Waals surface area (Å²) in [5, 5.41) is 21.1. The molecule has 6 aromatic rings. The fourth-order valence-corrected chi connectivity index (χ4v) is 9.54. The van der Waals surface area contributed by atoms with Gasteiger partial charge in [-0.25, -0.2) is 14.2 Å². The number of rotatable bonds is 11. The Hall–Kier alpha value is -6.40. The van der Waals surface area contributed by atoms with Gasteiger partial charge >= 0.3 is 6.03 Å². The second kappa shape index (κ2) is 16.5. The Morgan fingerprint density at radius 1 is 0.903 bits per heavy atom.